The first kappa shape index (κ1) is 21.3. The van der Waals surface area contributed by atoms with Crippen molar-refractivity contribution in [3.05, 3.63) is 83.5 Å². The second-order valence-electron chi connectivity index (χ2n) is 7.42. The Morgan fingerprint density at radius 3 is 2.77 bits per heavy atom. The highest BCUT2D eigenvalue weighted by atomic mass is 32.2. The molecule has 0 spiro atoms. The number of carbonyl (C=O) groups is 1. The largest absolute Gasteiger partial charge is 0.483 e. The van der Waals surface area contributed by atoms with E-state index in [9.17, 15) is 9.18 Å². The molecule has 31 heavy (non-hydrogen) atoms. The number of Topliss-reactive ketones (excluding diaryl/α,β-unsaturated/α-hetero) is 1. The fraction of sp³-hybridized carbons (Fsp3) is 0.292. The number of ether oxygens (including phenoxy) is 1. The van der Waals surface area contributed by atoms with Gasteiger partial charge < -0.3 is 4.74 Å². The normalized spacial score (nSPS) is 12.9. The molecule has 5 nitrogen and oxygen atoms in total. The number of benzene rings is 2. The van der Waals surface area contributed by atoms with Gasteiger partial charge in [-0.1, -0.05) is 42.1 Å². The molecule has 160 valence electrons. The van der Waals surface area contributed by atoms with Gasteiger partial charge in [0, 0.05) is 12.1 Å². The first-order chi connectivity index (χ1) is 15.2. The lowest BCUT2D eigenvalue weighted by Gasteiger charge is -2.16. The Morgan fingerprint density at radius 2 is 1.97 bits per heavy atom. The van der Waals surface area contributed by atoms with Gasteiger partial charge in [0.25, 0.3) is 0 Å². The third-order valence-electron chi connectivity index (χ3n) is 5.30. The van der Waals surface area contributed by atoms with Crippen molar-refractivity contribution < 1.29 is 13.9 Å². The van der Waals surface area contributed by atoms with E-state index in [1.165, 1.54) is 41.8 Å². The van der Waals surface area contributed by atoms with Crippen molar-refractivity contribution in [2.75, 3.05) is 5.75 Å². The van der Waals surface area contributed by atoms with E-state index >= 15 is 0 Å². The number of hydrogen-bond donors (Lipinski definition) is 0. The van der Waals surface area contributed by atoms with Gasteiger partial charge in [-0.3, -0.25) is 9.36 Å². The molecule has 3 aromatic rings. The van der Waals surface area contributed by atoms with Crippen LogP contribution in [0.25, 0.3) is 0 Å². The van der Waals surface area contributed by atoms with Crippen LogP contribution >= 0.6 is 11.8 Å². The van der Waals surface area contributed by atoms with Crippen LogP contribution < -0.4 is 4.74 Å². The van der Waals surface area contributed by atoms with Crippen molar-refractivity contribution in [3.63, 3.8) is 0 Å². The first-order valence-electron chi connectivity index (χ1n) is 10.3. The number of hydrogen-bond acceptors (Lipinski definition) is 5. The standard InChI is InChI=1S/C24H24FN3O2S/c1-2-13-28-23(15-30-22-10-6-5-9-20(22)25)26-27-24(28)31-16-21(29)19-12-11-17-7-3-4-8-18(17)14-19/h2,5-6,9-12,14H,1,3-4,7-8,13,15-16H2. The number of carbonyl (C=O) groups excluding carboxylic acids is 1. The number of fused-ring (bicyclic) bond motifs is 1. The van der Waals surface area contributed by atoms with E-state index in [1.54, 1.807) is 24.3 Å². The summed E-state index contributed by atoms with van der Waals surface area (Å²) in [4.78, 5) is 12.8. The van der Waals surface area contributed by atoms with Crippen LogP contribution in [0.1, 0.15) is 40.2 Å². The Labute approximate surface area is 185 Å². The van der Waals surface area contributed by atoms with Crippen molar-refractivity contribution >= 4 is 17.5 Å². The summed E-state index contributed by atoms with van der Waals surface area (Å²) in [5.74, 6) is 0.611. The molecule has 4 rings (SSSR count). The molecule has 0 amide bonds. The van der Waals surface area contributed by atoms with E-state index in [0.717, 1.165) is 18.4 Å². The fourth-order valence-electron chi connectivity index (χ4n) is 3.67. The highest BCUT2D eigenvalue weighted by Crippen LogP contribution is 2.25. The quantitative estimate of drug-likeness (QED) is 0.267. The molecule has 1 aliphatic carbocycles. The minimum Gasteiger partial charge on any atom is -0.483 e. The second kappa shape index (κ2) is 9.92. The zero-order valence-electron chi connectivity index (χ0n) is 17.2. The van der Waals surface area contributed by atoms with Gasteiger partial charge in [-0.15, -0.1) is 16.8 Å². The second-order valence-corrected chi connectivity index (χ2v) is 8.36. The molecule has 7 heteroatoms. The molecule has 2 aromatic carbocycles. The van der Waals surface area contributed by atoms with E-state index in [4.69, 9.17) is 4.74 Å². The predicted octanol–water partition coefficient (Wildman–Crippen LogP) is 5.04. The Morgan fingerprint density at radius 1 is 1.16 bits per heavy atom. The summed E-state index contributed by atoms with van der Waals surface area (Å²) >= 11 is 1.34. The number of para-hydroxylation sites is 1. The number of allylic oxidation sites excluding steroid dienone is 1. The van der Waals surface area contributed by atoms with E-state index < -0.39 is 5.82 Å². The van der Waals surface area contributed by atoms with Crippen molar-refractivity contribution in [1.29, 1.82) is 0 Å². The molecule has 1 heterocycles. The maximum Gasteiger partial charge on any atom is 0.192 e. The Bertz CT molecular complexity index is 1100. The molecule has 0 bridgehead atoms. The molecule has 0 radical (unpaired) electrons. The van der Waals surface area contributed by atoms with Gasteiger partial charge in [0.15, 0.2) is 28.3 Å². The number of rotatable bonds is 9. The van der Waals surface area contributed by atoms with Crippen LogP contribution in [0.3, 0.4) is 0 Å². The average molecular weight is 438 g/mol. The van der Waals surface area contributed by atoms with Gasteiger partial charge in [0.2, 0.25) is 0 Å². The number of halogens is 1. The Balaban J connectivity index is 1.43. The zero-order chi connectivity index (χ0) is 21.6. The molecule has 0 fully saturated rings. The Hall–Kier alpha value is -2.93. The summed E-state index contributed by atoms with van der Waals surface area (Å²) in [6, 6.07) is 12.3. The molecular formula is C24H24FN3O2S. The molecule has 0 saturated carbocycles. The minimum absolute atomic E-state index is 0.0654. The van der Waals surface area contributed by atoms with E-state index in [2.05, 4.69) is 22.8 Å². The number of nitrogens with zero attached hydrogens (tertiary/aromatic N) is 3. The summed E-state index contributed by atoms with van der Waals surface area (Å²) in [5, 5.41) is 8.99. The van der Waals surface area contributed by atoms with Gasteiger partial charge in [-0.2, -0.15) is 0 Å². The minimum atomic E-state index is -0.428. The van der Waals surface area contributed by atoms with Gasteiger partial charge >= 0.3 is 0 Å². The lowest BCUT2D eigenvalue weighted by atomic mass is 9.90. The van der Waals surface area contributed by atoms with E-state index in [0.29, 0.717) is 17.5 Å². The molecular weight excluding hydrogens is 413 g/mol. The number of aromatic nitrogens is 3. The maximum absolute atomic E-state index is 13.8. The third-order valence-corrected chi connectivity index (χ3v) is 6.27. The predicted molar refractivity (Wildman–Crippen MR) is 119 cm³/mol. The SMILES string of the molecule is C=CCn1c(COc2ccccc2F)nnc1SCC(=O)c1ccc2c(c1)CCCC2. The van der Waals surface area contributed by atoms with Gasteiger partial charge in [0.1, 0.15) is 6.61 Å². The maximum atomic E-state index is 13.8. The van der Waals surface area contributed by atoms with Crippen LogP contribution in [0.5, 0.6) is 5.75 Å². The lowest BCUT2D eigenvalue weighted by Crippen LogP contribution is -2.10. The van der Waals surface area contributed by atoms with Gasteiger partial charge in [0.05, 0.1) is 5.75 Å². The average Bonchev–Trinajstić information content (AvgIpc) is 3.18. The van der Waals surface area contributed by atoms with Crippen LogP contribution in [0.15, 0.2) is 60.3 Å². The third kappa shape index (κ3) is 5.05. The van der Waals surface area contributed by atoms with E-state index in [-0.39, 0.29) is 23.9 Å². The summed E-state index contributed by atoms with van der Waals surface area (Å²) in [5.41, 5.74) is 3.40. The van der Waals surface area contributed by atoms with Crippen LogP contribution in [-0.2, 0) is 26.0 Å². The first-order valence-corrected chi connectivity index (χ1v) is 11.3. The number of thioether (sulfide) groups is 1. The van der Waals surface area contributed by atoms with Crippen molar-refractivity contribution in [1.82, 2.24) is 14.8 Å². The summed E-state index contributed by atoms with van der Waals surface area (Å²) in [6.45, 7) is 4.32. The molecule has 0 saturated heterocycles. The summed E-state index contributed by atoms with van der Waals surface area (Å²) < 4.78 is 21.2. The van der Waals surface area contributed by atoms with Crippen LogP contribution in [-0.4, -0.2) is 26.3 Å². The molecule has 1 aromatic heterocycles. The number of ketones is 1. The monoisotopic (exact) mass is 437 g/mol. The van der Waals surface area contributed by atoms with Crippen LogP contribution in [0.4, 0.5) is 4.39 Å². The molecule has 1 aliphatic rings. The number of aryl methyl sites for hydroxylation is 2. The molecule has 0 unspecified atom stereocenters. The topological polar surface area (TPSA) is 57.0 Å². The molecule has 0 aliphatic heterocycles. The smallest absolute Gasteiger partial charge is 0.192 e. The van der Waals surface area contributed by atoms with Crippen LogP contribution in [0, 0.1) is 5.82 Å². The molecule has 0 N–H and O–H groups in total. The van der Waals surface area contributed by atoms with Gasteiger partial charge in [-0.25, -0.2) is 4.39 Å². The van der Waals surface area contributed by atoms with Crippen molar-refractivity contribution in [2.24, 2.45) is 0 Å². The summed E-state index contributed by atoms with van der Waals surface area (Å²) in [6.07, 6.45) is 6.27. The van der Waals surface area contributed by atoms with Crippen molar-refractivity contribution in [2.45, 2.75) is 44.0 Å². The fourth-order valence-corrected chi connectivity index (χ4v) is 4.53. The van der Waals surface area contributed by atoms with Crippen molar-refractivity contribution in [3.8, 4) is 5.75 Å². The van der Waals surface area contributed by atoms with Crippen LogP contribution in [0.2, 0.25) is 0 Å². The highest BCUT2D eigenvalue weighted by molar-refractivity contribution is 7.99. The summed E-state index contributed by atoms with van der Waals surface area (Å²) in [7, 11) is 0. The zero-order valence-corrected chi connectivity index (χ0v) is 18.0. The van der Waals surface area contributed by atoms with E-state index in [1.807, 2.05) is 16.7 Å². The van der Waals surface area contributed by atoms with Gasteiger partial charge in [-0.05, 0) is 55.0 Å². The highest BCUT2D eigenvalue weighted by Gasteiger charge is 2.17. The molecule has 0 atom stereocenters. The lowest BCUT2D eigenvalue weighted by molar-refractivity contribution is 0.102. The Kier molecular flexibility index (Phi) is 6.82.